The summed E-state index contributed by atoms with van der Waals surface area (Å²) in [6, 6.07) is 2.12. The molecule has 0 spiro atoms. The van der Waals surface area contributed by atoms with Gasteiger partial charge in [-0.25, -0.2) is 4.79 Å². The van der Waals surface area contributed by atoms with Gasteiger partial charge in [0.15, 0.2) is 11.5 Å². The Kier molecular flexibility index (Phi) is 10.4. The maximum atomic E-state index is 13.5. The van der Waals surface area contributed by atoms with E-state index in [-0.39, 0.29) is 22.6 Å². The number of amides is 4. The Morgan fingerprint density at radius 2 is 1.82 bits per heavy atom. The normalized spacial score (nSPS) is 20.0. The lowest BCUT2D eigenvalue weighted by molar-refractivity contribution is -0.385. The van der Waals surface area contributed by atoms with Crippen molar-refractivity contribution in [2.45, 2.75) is 57.0 Å². The molecule has 0 fully saturated rings. The highest BCUT2D eigenvalue weighted by atomic mass is 16.6. The average Bonchev–Trinajstić information content (AvgIpc) is 2.96. The molecule has 4 rings (SSSR count). The summed E-state index contributed by atoms with van der Waals surface area (Å²) in [6.45, 7) is 4.64. The Balaban J connectivity index is 2.28. The van der Waals surface area contributed by atoms with Crippen LogP contribution in [0.3, 0.4) is 0 Å². The number of alkyl carbamates (subject to hydrolysis) is 1. The first kappa shape index (κ1) is 33.9. The zero-order chi connectivity index (χ0) is 33.6. The van der Waals surface area contributed by atoms with Crippen LogP contribution in [-0.4, -0.2) is 70.8 Å². The summed E-state index contributed by atoms with van der Waals surface area (Å²) in [5.74, 6) is -4.48. The number of nitro groups is 1. The summed E-state index contributed by atoms with van der Waals surface area (Å²) in [4.78, 5) is 63.7. The second-order valence-electron chi connectivity index (χ2n) is 10.7. The summed E-state index contributed by atoms with van der Waals surface area (Å²) in [7, 11) is 2.45. The van der Waals surface area contributed by atoms with Gasteiger partial charge < -0.3 is 45.7 Å². The lowest BCUT2D eigenvalue weighted by Crippen LogP contribution is -2.56. The number of nitrogens with zero attached hydrogens (tertiary/aromatic N) is 2. The highest BCUT2D eigenvalue weighted by Crippen LogP contribution is 2.44. The molecule has 17 nitrogen and oxygen atoms in total. The van der Waals surface area contributed by atoms with E-state index < -0.39 is 82.2 Å². The summed E-state index contributed by atoms with van der Waals surface area (Å²) < 4.78 is 16.1. The van der Waals surface area contributed by atoms with Gasteiger partial charge in [0.1, 0.15) is 29.8 Å². The number of aromatic hydroxyl groups is 1. The fourth-order valence-corrected chi connectivity index (χ4v) is 4.29. The van der Waals surface area contributed by atoms with Crippen molar-refractivity contribution in [2.24, 2.45) is 0 Å². The zero-order valence-corrected chi connectivity index (χ0v) is 24.9. The molecule has 4 bridgehead atoms. The molecule has 0 radical (unpaired) electrons. The number of carbonyl (C=O) groups is 4. The minimum absolute atomic E-state index is 0.0655. The number of carbonyl (C=O) groups excluding carboxylic acids is 4. The molecule has 2 heterocycles. The predicted molar refractivity (Wildman–Crippen MR) is 153 cm³/mol. The number of hydrogen-bond donors (Lipinski definition) is 6. The van der Waals surface area contributed by atoms with Crippen molar-refractivity contribution in [1.82, 2.24) is 21.3 Å². The number of ether oxygens (including phenoxy) is 3. The van der Waals surface area contributed by atoms with E-state index in [4.69, 9.17) is 14.2 Å². The third kappa shape index (κ3) is 8.06. The SMILES string of the molecule is CNC(=O)[C@H]1NC(=O)[C@@H](CC#N)NC(=O)[C@@H](NC(=O)OC(C)(C)C)[C@@H](O)c2ccc(c([N+](=O)[O-])c2)Oc2cc1cc(O)c2OC. The number of phenols is 1. The average molecular weight is 629 g/mol. The van der Waals surface area contributed by atoms with Gasteiger partial charge in [0, 0.05) is 13.1 Å². The summed E-state index contributed by atoms with van der Waals surface area (Å²) in [5, 5.41) is 52.6. The van der Waals surface area contributed by atoms with E-state index in [1.165, 1.54) is 26.3 Å². The van der Waals surface area contributed by atoms with Crippen LogP contribution in [0.2, 0.25) is 0 Å². The molecule has 0 unspecified atom stereocenters. The summed E-state index contributed by atoms with van der Waals surface area (Å²) >= 11 is 0. The van der Waals surface area contributed by atoms with E-state index in [1.807, 2.05) is 0 Å². The molecule has 4 atom stereocenters. The minimum Gasteiger partial charge on any atom is -0.504 e. The van der Waals surface area contributed by atoms with Crippen molar-refractivity contribution in [3.05, 3.63) is 51.6 Å². The number of likely N-dealkylation sites (N-methyl/N-ethyl adjacent to an activating group) is 1. The van der Waals surface area contributed by atoms with Gasteiger partial charge in [-0.05, 0) is 50.1 Å². The molecule has 240 valence electrons. The molecule has 6 N–H and O–H groups in total. The van der Waals surface area contributed by atoms with E-state index >= 15 is 0 Å². The molecular weight excluding hydrogens is 596 g/mol. The Labute approximate surface area is 256 Å². The van der Waals surface area contributed by atoms with Gasteiger partial charge in [0.25, 0.3) is 0 Å². The van der Waals surface area contributed by atoms with E-state index in [0.29, 0.717) is 0 Å². The van der Waals surface area contributed by atoms with Crippen LogP contribution in [0, 0.1) is 21.4 Å². The number of hydrogen-bond acceptors (Lipinski definition) is 12. The number of benzene rings is 2. The number of aliphatic hydroxyl groups is 1. The second-order valence-corrected chi connectivity index (χ2v) is 10.7. The number of aliphatic hydroxyl groups excluding tert-OH is 1. The number of phenolic OH excluding ortho intramolecular Hbond substituents is 1. The number of nitriles is 1. The number of nitrogens with one attached hydrogen (secondary N) is 4. The molecule has 0 saturated carbocycles. The van der Waals surface area contributed by atoms with E-state index in [1.54, 1.807) is 26.8 Å². The molecule has 45 heavy (non-hydrogen) atoms. The summed E-state index contributed by atoms with van der Waals surface area (Å²) in [6.07, 6.45) is -3.71. The van der Waals surface area contributed by atoms with Crippen molar-refractivity contribution in [3.63, 3.8) is 0 Å². The first-order valence-electron chi connectivity index (χ1n) is 13.3. The van der Waals surface area contributed by atoms with Gasteiger partial charge in [-0.15, -0.1) is 0 Å². The minimum atomic E-state index is -1.95. The topological polar surface area (TPSA) is 251 Å². The predicted octanol–water partition coefficient (Wildman–Crippen LogP) is 1.34. The number of methoxy groups -OCH3 is 1. The molecule has 2 aromatic rings. The molecule has 0 aliphatic carbocycles. The van der Waals surface area contributed by atoms with Gasteiger partial charge in [-0.2, -0.15) is 5.26 Å². The molecule has 2 aromatic carbocycles. The van der Waals surface area contributed by atoms with E-state index in [9.17, 15) is 44.8 Å². The zero-order valence-electron chi connectivity index (χ0n) is 24.9. The Morgan fingerprint density at radius 1 is 1.13 bits per heavy atom. The molecule has 0 aromatic heterocycles. The largest absolute Gasteiger partial charge is 0.504 e. The van der Waals surface area contributed by atoms with Crippen molar-refractivity contribution in [2.75, 3.05) is 14.2 Å². The molecule has 17 heteroatoms. The number of fused-ring (bicyclic) bond motifs is 9. The second kappa shape index (κ2) is 13.8. The highest BCUT2D eigenvalue weighted by molar-refractivity contribution is 5.94. The van der Waals surface area contributed by atoms with Crippen molar-refractivity contribution in [1.29, 1.82) is 5.26 Å². The summed E-state index contributed by atoms with van der Waals surface area (Å²) in [5.41, 5.74) is -2.00. The third-order valence-electron chi connectivity index (χ3n) is 6.33. The standard InChI is InChI=1S/C28H32N6O11/c1-28(2,3)45-27(40)33-21-22(36)13-6-7-18(16(10-13)34(41)42)44-19-12-14(11-17(35)23(19)43-5)20(25(38)30-4)32-24(37)15(8-9-29)31-26(21)39/h6-7,10-12,15,20-22,35-36H,8H2,1-5H3,(H,30,38)(H,31,39)(H,32,37)(H,33,40)/t15-,20+,21+,22+/m1/s1. The molecule has 4 amide bonds. The van der Waals surface area contributed by atoms with Gasteiger partial charge in [0.05, 0.1) is 24.5 Å². The fourth-order valence-electron chi connectivity index (χ4n) is 4.29. The van der Waals surface area contributed by atoms with Gasteiger partial charge in [-0.3, -0.25) is 24.5 Å². The maximum Gasteiger partial charge on any atom is 0.408 e. The monoisotopic (exact) mass is 628 g/mol. The maximum absolute atomic E-state index is 13.5. The molecule has 0 saturated heterocycles. The van der Waals surface area contributed by atoms with Crippen molar-refractivity contribution < 1.29 is 48.5 Å². The molecular formula is C28H32N6O11. The highest BCUT2D eigenvalue weighted by Gasteiger charge is 2.37. The lowest BCUT2D eigenvalue weighted by Gasteiger charge is -2.28. The fraction of sp³-hybridized carbons (Fsp3) is 0.393. The number of rotatable bonds is 5. The quantitative estimate of drug-likeness (QED) is 0.203. The van der Waals surface area contributed by atoms with Crippen molar-refractivity contribution in [3.8, 4) is 29.1 Å². The van der Waals surface area contributed by atoms with Gasteiger partial charge >= 0.3 is 11.8 Å². The van der Waals surface area contributed by atoms with Crippen LogP contribution in [0.1, 0.15) is 50.5 Å². The third-order valence-corrected chi connectivity index (χ3v) is 6.33. The van der Waals surface area contributed by atoms with Gasteiger partial charge in [0.2, 0.25) is 29.2 Å². The molecule has 2 aliphatic rings. The smallest absolute Gasteiger partial charge is 0.408 e. The first-order valence-corrected chi connectivity index (χ1v) is 13.3. The first-order chi connectivity index (χ1) is 21.1. The number of nitro benzene ring substituents is 1. The van der Waals surface area contributed by atoms with Crippen LogP contribution in [0.5, 0.6) is 23.0 Å². The van der Waals surface area contributed by atoms with Crippen LogP contribution in [0.25, 0.3) is 0 Å². The van der Waals surface area contributed by atoms with E-state index in [0.717, 1.165) is 18.2 Å². The van der Waals surface area contributed by atoms with Crippen LogP contribution in [0.4, 0.5) is 10.5 Å². The Morgan fingerprint density at radius 3 is 2.40 bits per heavy atom. The van der Waals surface area contributed by atoms with Crippen molar-refractivity contribution >= 4 is 29.5 Å². The molecule has 2 aliphatic heterocycles. The van der Waals surface area contributed by atoms with Crippen LogP contribution >= 0.6 is 0 Å². The van der Waals surface area contributed by atoms with Crippen LogP contribution in [0.15, 0.2) is 30.3 Å². The Hall–Kier alpha value is -5.63. The lowest BCUT2D eigenvalue weighted by atomic mass is 9.99. The van der Waals surface area contributed by atoms with Crippen LogP contribution < -0.4 is 30.7 Å². The van der Waals surface area contributed by atoms with Crippen LogP contribution in [-0.2, 0) is 19.1 Å². The van der Waals surface area contributed by atoms with E-state index in [2.05, 4.69) is 21.3 Å². The Bertz CT molecular complexity index is 1550. The van der Waals surface area contributed by atoms with Gasteiger partial charge in [-0.1, -0.05) is 6.07 Å².